The molecule has 0 bridgehead atoms. The zero-order valence-electron chi connectivity index (χ0n) is 10.2. The maximum absolute atomic E-state index is 5.50. The second-order valence-electron chi connectivity index (χ2n) is 4.32. The van der Waals surface area contributed by atoms with Crippen molar-refractivity contribution in [3.8, 4) is 10.6 Å². The minimum Gasteiger partial charge on any atom is -0.330 e. The molecule has 0 aliphatic carbocycles. The fourth-order valence-electron chi connectivity index (χ4n) is 1.61. The summed E-state index contributed by atoms with van der Waals surface area (Å²) >= 11 is 1.62. The molecule has 0 atom stereocenters. The van der Waals surface area contributed by atoms with Gasteiger partial charge in [0.1, 0.15) is 10.0 Å². The largest absolute Gasteiger partial charge is 0.330 e. The molecule has 2 aromatic rings. The van der Waals surface area contributed by atoms with E-state index in [0.29, 0.717) is 12.5 Å². The lowest BCUT2D eigenvalue weighted by Gasteiger charge is -2.04. The fourth-order valence-corrected chi connectivity index (χ4v) is 2.47. The molecule has 3 nitrogen and oxygen atoms in total. The van der Waals surface area contributed by atoms with Gasteiger partial charge in [0.2, 0.25) is 0 Å². The molecular weight excluding hydrogens is 230 g/mol. The Morgan fingerprint density at radius 2 is 1.88 bits per heavy atom. The van der Waals surface area contributed by atoms with Gasteiger partial charge < -0.3 is 5.73 Å². The molecule has 0 saturated heterocycles. The van der Waals surface area contributed by atoms with Crippen LogP contribution in [0.4, 0.5) is 0 Å². The monoisotopic (exact) mass is 247 g/mol. The molecule has 2 N–H and O–H groups in total. The Balaban J connectivity index is 2.21. The molecule has 90 valence electrons. The highest BCUT2D eigenvalue weighted by Crippen LogP contribution is 2.25. The summed E-state index contributed by atoms with van der Waals surface area (Å²) in [5.74, 6) is 0.561. The van der Waals surface area contributed by atoms with E-state index in [1.807, 2.05) is 0 Å². The fraction of sp³-hybridized carbons (Fsp3) is 0.385. The number of hydrogen-bond acceptors (Lipinski definition) is 4. The van der Waals surface area contributed by atoms with Gasteiger partial charge in [-0.2, -0.15) is 0 Å². The maximum Gasteiger partial charge on any atom is 0.147 e. The molecule has 0 aliphatic rings. The molecule has 1 heterocycles. The number of nitrogens with two attached hydrogens (primary N) is 1. The average Bonchev–Trinajstić information content (AvgIpc) is 2.78. The third-order valence-corrected chi connectivity index (χ3v) is 3.68. The summed E-state index contributed by atoms with van der Waals surface area (Å²) in [5.41, 5.74) is 7.98. The molecular formula is C13H17N3S. The summed E-state index contributed by atoms with van der Waals surface area (Å²) in [6.45, 7) is 5.01. The zero-order valence-corrected chi connectivity index (χ0v) is 11.0. The zero-order chi connectivity index (χ0) is 12.3. The first-order chi connectivity index (χ1) is 8.20. The van der Waals surface area contributed by atoms with Gasteiger partial charge in [-0.1, -0.05) is 49.4 Å². The molecule has 0 fully saturated rings. The summed E-state index contributed by atoms with van der Waals surface area (Å²) in [4.78, 5) is 0. The van der Waals surface area contributed by atoms with E-state index in [4.69, 9.17) is 5.73 Å². The number of hydrogen-bond donors (Lipinski definition) is 1. The van der Waals surface area contributed by atoms with Crippen LogP contribution in [0.15, 0.2) is 24.3 Å². The highest BCUT2D eigenvalue weighted by Gasteiger charge is 2.06. The van der Waals surface area contributed by atoms with Gasteiger partial charge in [-0.3, -0.25) is 0 Å². The van der Waals surface area contributed by atoms with E-state index in [1.165, 1.54) is 5.56 Å². The van der Waals surface area contributed by atoms with Gasteiger partial charge >= 0.3 is 0 Å². The van der Waals surface area contributed by atoms with Crippen LogP contribution in [0, 0.1) is 0 Å². The molecule has 4 heteroatoms. The van der Waals surface area contributed by atoms with E-state index in [-0.39, 0.29) is 0 Å². The summed E-state index contributed by atoms with van der Waals surface area (Å²) in [6, 6.07) is 8.54. The van der Waals surface area contributed by atoms with E-state index in [9.17, 15) is 0 Å². The SMILES string of the molecule is CC(C)c1ccc(-c2nnc(CCN)s2)cc1. The molecule has 2 rings (SSSR count). The molecule has 0 amide bonds. The van der Waals surface area contributed by atoms with Crippen molar-refractivity contribution in [3.05, 3.63) is 34.8 Å². The van der Waals surface area contributed by atoms with Crippen LogP contribution in [0.25, 0.3) is 10.6 Å². The summed E-state index contributed by atoms with van der Waals surface area (Å²) in [5, 5.41) is 10.3. The van der Waals surface area contributed by atoms with Crippen molar-refractivity contribution < 1.29 is 0 Å². The summed E-state index contributed by atoms with van der Waals surface area (Å²) in [7, 11) is 0. The lowest BCUT2D eigenvalue weighted by molar-refractivity contribution is 0.867. The molecule has 1 aromatic heterocycles. The first-order valence-corrected chi connectivity index (χ1v) is 6.65. The predicted molar refractivity (Wildman–Crippen MR) is 72.2 cm³/mol. The molecule has 0 radical (unpaired) electrons. The van der Waals surface area contributed by atoms with Gasteiger partial charge in [0, 0.05) is 12.0 Å². The Labute approximate surface area is 106 Å². The van der Waals surface area contributed by atoms with Crippen LogP contribution in [0.1, 0.15) is 30.3 Å². The molecule has 1 aromatic carbocycles. The van der Waals surface area contributed by atoms with Gasteiger partial charge in [0.05, 0.1) is 0 Å². The van der Waals surface area contributed by atoms with Crippen LogP contribution in [-0.4, -0.2) is 16.7 Å². The van der Waals surface area contributed by atoms with Crippen LogP contribution in [0.5, 0.6) is 0 Å². The van der Waals surface area contributed by atoms with Gasteiger partial charge in [0.15, 0.2) is 0 Å². The van der Waals surface area contributed by atoms with Gasteiger partial charge in [-0.25, -0.2) is 0 Å². The highest BCUT2D eigenvalue weighted by atomic mass is 32.1. The van der Waals surface area contributed by atoms with Gasteiger partial charge in [0.25, 0.3) is 0 Å². The average molecular weight is 247 g/mol. The molecule has 0 aliphatic heterocycles. The van der Waals surface area contributed by atoms with Crippen LogP contribution >= 0.6 is 11.3 Å². The number of rotatable bonds is 4. The van der Waals surface area contributed by atoms with Gasteiger partial charge in [-0.05, 0) is 18.0 Å². The molecule has 0 unspecified atom stereocenters. The Hall–Kier alpha value is -1.26. The second-order valence-corrected chi connectivity index (χ2v) is 5.38. The first kappa shape index (κ1) is 12.2. The van der Waals surface area contributed by atoms with Crippen LogP contribution in [0.3, 0.4) is 0 Å². The Morgan fingerprint density at radius 1 is 1.18 bits per heavy atom. The third kappa shape index (κ3) is 2.90. The standard InChI is InChI=1S/C13H17N3S/c1-9(2)10-3-5-11(6-4-10)13-16-15-12(17-13)7-8-14/h3-6,9H,7-8,14H2,1-2H3. The van der Waals surface area contributed by atoms with Crippen molar-refractivity contribution in [1.82, 2.24) is 10.2 Å². The van der Waals surface area contributed by atoms with Crippen LogP contribution in [0.2, 0.25) is 0 Å². The van der Waals surface area contributed by atoms with Crippen LogP contribution in [-0.2, 0) is 6.42 Å². The van der Waals surface area contributed by atoms with Crippen LogP contribution < -0.4 is 5.73 Å². The molecule has 0 spiro atoms. The molecule has 0 saturated carbocycles. The van der Waals surface area contributed by atoms with Crippen molar-refractivity contribution in [2.45, 2.75) is 26.2 Å². The second kappa shape index (κ2) is 5.38. The third-order valence-electron chi connectivity index (χ3n) is 2.65. The first-order valence-electron chi connectivity index (χ1n) is 5.83. The number of nitrogens with zero attached hydrogens (tertiary/aromatic N) is 2. The smallest absolute Gasteiger partial charge is 0.147 e. The number of benzene rings is 1. The topological polar surface area (TPSA) is 51.8 Å². The summed E-state index contributed by atoms with van der Waals surface area (Å²) < 4.78 is 0. The number of aromatic nitrogens is 2. The quantitative estimate of drug-likeness (QED) is 0.904. The normalized spacial score (nSPS) is 11.1. The predicted octanol–water partition coefficient (Wildman–Crippen LogP) is 2.83. The van der Waals surface area contributed by atoms with E-state index < -0.39 is 0 Å². The molecule has 17 heavy (non-hydrogen) atoms. The lowest BCUT2D eigenvalue weighted by atomic mass is 10.0. The van der Waals surface area contributed by atoms with E-state index in [2.05, 4.69) is 48.3 Å². The lowest BCUT2D eigenvalue weighted by Crippen LogP contribution is -2.01. The maximum atomic E-state index is 5.50. The summed E-state index contributed by atoms with van der Waals surface area (Å²) in [6.07, 6.45) is 0.807. The minimum absolute atomic E-state index is 0.561. The van der Waals surface area contributed by atoms with E-state index >= 15 is 0 Å². The Morgan fingerprint density at radius 3 is 2.47 bits per heavy atom. The van der Waals surface area contributed by atoms with Crippen molar-refractivity contribution in [2.75, 3.05) is 6.54 Å². The minimum atomic E-state index is 0.561. The van der Waals surface area contributed by atoms with Gasteiger partial charge in [-0.15, -0.1) is 10.2 Å². The van der Waals surface area contributed by atoms with E-state index in [1.54, 1.807) is 11.3 Å². The van der Waals surface area contributed by atoms with Crippen molar-refractivity contribution >= 4 is 11.3 Å². The van der Waals surface area contributed by atoms with Crippen molar-refractivity contribution in [3.63, 3.8) is 0 Å². The van der Waals surface area contributed by atoms with Crippen molar-refractivity contribution in [1.29, 1.82) is 0 Å². The Bertz CT molecular complexity index is 474. The Kier molecular flexibility index (Phi) is 3.86. The highest BCUT2D eigenvalue weighted by molar-refractivity contribution is 7.14. The van der Waals surface area contributed by atoms with Crippen molar-refractivity contribution in [2.24, 2.45) is 5.73 Å². The van der Waals surface area contributed by atoms with E-state index in [0.717, 1.165) is 22.0 Å².